The van der Waals surface area contributed by atoms with Crippen LogP contribution in [0.1, 0.15) is 11.1 Å². The molecule has 0 fully saturated rings. The first-order valence-corrected chi connectivity index (χ1v) is 6.32. The fourth-order valence-electron chi connectivity index (χ4n) is 1.54. The number of halogens is 5. The topological polar surface area (TPSA) is 12.4 Å². The first-order valence-electron chi connectivity index (χ1n) is 5.52. The number of alkyl halides is 3. The molecular formula is C14H8BrF4N. The third-order valence-electron chi connectivity index (χ3n) is 2.49. The zero-order valence-electron chi connectivity index (χ0n) is 9.96. The Bertz CT molecular complexity index is 633. The van der Waals surface area contributed by atoms with Crippen LogP contribution >= 0.6 is 15.9 Å². The van der Waals surface area contributed by atoms with E-state index in [-0.39, 0.29) is 5.69 Å². The molecule has 0 amide bonds. The molecule has 0 aliphatic heterocycles. The first kappa shape index (κ1) is 14.7. The molecule has 20 heavy (non-hydrogen) atoms. The first-order chi connectivity index (χ1) is 9.36. The highest BCUT2D eigenvalue weighted by Crippen LogP contribution is 2.36. The Labute approximate surface area is 121 Å². The van der Waals surface area contributed by atoms with Gasteiger partial charge in [-0.2, -0.15) is 13.2 Å². The minimum atomic E-state index is -4.64. The molecule has 0 heterocycles. The lowest BCUT2D eigenvalue weighted by atomic mass is 10.1. The summed E-state index contributed by atoms with van der Waals surface area (Å²) in [5.41, 5.74) is -0.765. The summed E-state index contributed by atoms with van der Waals surface area (Å²) in [4.78, 5) is 3.79. The van der Waals surface area contributed by atoms with E-state index in [2.05, 4.69) is 20.9 Å². The molecule has 6 heteroatoms. The van der Waals surface area contributed by atoms with Crippen molar-refractivity contribution in [3.05, 3.63) is 63.9 Å². The van der Waals surface area contributed by atoms with Crippen molar-refractivity contribution in [2.24, 2.45) is 4.99 Å². The van der Waals surface area contributed by atoms with Crippen LogP contribution in [-0.2, 0) is 6.18 Å². The monoisotopic (exact) mass is 345 g/mol. The van der Waals surface area contributed by atoms with Gasteiger partial charge in [0.25, 0.3) is 0 Å². The largest absolute Gasteiger partial charge is 0.418 e. The Morgan fingerprint density at radius 3 is 2.25 bits per heavy atom. The third-order valence-corrected chi connectivity index (χ3v) is 3.02. The summed E-state index contributed by atoms with van der Waals surface area (Å²) in [6.45, 7) is 0. The summed E-state index contributed by atoms with van der Waals surface area (Å²) in [5.74, 6) is -0.945. The summed E-state index contributed by atoms with van der Waals surface area (Å²) in [6.07, 6.45) is -3.34. The Kier molecular flexibility index (Phi) is 4.23. The molecule has 0 aliphatic carbocycles. The van der Waals surface area contributed by atoms with Crippen LogP contribution in [-0.4, -0.2) is 6.21 Å². The van der Waals surface area contributed by atoms with Crippen LogP contribution in [0.25, 0.3) is 0 Å². The van der Waals surface area contributed by atoms with Gasteiger partial charge in [-0.05, 0) is 35.9 Å². The molecule has 0 atom stereocenters. The molecule has 0 N–H and O–H groups in total. The van der Waals surface area contributed by atoms with Crippen LogP contribution in [0.5, 0.6) is 0 Å². The number of hydrogen-bond acceptors (Lipinski definition) is 1. The second kappa shape index (κ2) is 5.75. The summed E-state index contributed by atoms with van der Waals surface area (Å²) >= 11 is 3.25. The Morgan fingerprint density at radius 1 is 1.00 bits per heavy atom. The lowest BCUT2D eigenvalue weighted by Gasteiger charge is -2.09. The predicted octanol–water partition coefficient (Wildman–Crippen LogP) is 5.36. The summed E-state index contributed by atoms with van der Waals surface area (Å²) in [5, 5.41) is 0. The molecule has 0 bridgehead atoms. The van der Waals surface area contributed by atoms with Crippen molar-refractivity contribution < 1.29 is 17.6 Å². The maximum atomic E-state index is 12.9. The van der Waals surface area contributed by atoms with Gasteiger partial charge in [-0.25, -0.2) is 4.39 Å². The number of nitrogens with zero attached hydrogens (tertiary/aromatic N) is 1. The minimum absolute atomic E-state index is 0.318. The zero-order chi connectivity index (χ0) is 14.8. The van der Waals surface area contributed by atoms with E-state index in [9.17, 15) is 17.6 Å². The van der Waals surface area contributed by atoms with Crippen molar-refractivity contribution in [3.63, 3.8) is 0 Å². The quantitative estimate of drug-likeness (QED) is 0.513. The van der Waals surface area contributed by atoms with Crippen LogP contribution in [0.15, 0.2) is 51.9 Å². The number of aliphatic imine (C=N–C) groups is 1. The van der Waals surface area contributed by atoms with Crippen molar-refractivity contribution in [3.8, 4) is 0 Å². The maximum Gasteiger partial charge on any atom is 0.418 e. The van der Waals surface area contributed by atoms with Crippen molar-refractivity contribution in [1.82, 2.24) is 0 Å². The zero-order valence-corrected chi connectivity index (χ0v) is 11.5. The standard InChI is InChI=1S/C14H8BrF4N/c15-10-3-1-9(2-4-10)8-20-13-6-5-11(16)7-12(13)14(17,18)19/h1-8H. The van der Waals surface area contributed by atoms with E-state index in [1.807, 2.05) is 0 Å². The van der Waals surface area contributed by atoms with E-state index < -0.39 is 17.6 Å². The van der Waals surface area contributed by atoms with Gasteiger partial charge < -0.3 is 0 Å². The summed E-state index contributed by atoms with van der Waals surface area (Å²) < 4.78 is 52.1. The molecule has 104 valence electrons. The number of rotatable bonds is 2. The molecule has 0 saturated heterocycles. The van der Waals surface area contributed by atoms with Gasteiger partial charge in [-0.15, -0.1) is 0 Å². The van der Waals surface area contributed by atoms with Gasteiger partial charge in [-0.1, -0.05) is 28.1 Å². The molecule has 2 aromatic rings. The molecule has 0 saturated carbocycles. The maximum absolute atomic E-state index is 12.9. The molecule has 0 spiro atoms. The van der Waals surface area contributed by atoms with Crippen LogP contribution in [0.4, 0.5) is 23.2 Å². The van der Waals surface area contributed by atoms with Gasteiger partial charge in [0, 0.05) is 10.7 Å². The minimum Gasteiger partial charge on any atom is -0.256 e. The van der Waals surface area contributed by atoms with Gasteiger partial charge in [0.15, 0.2) is 0 Å². The van der Waals surface area contributed by atoms with Crippen molar-refractivity contribution in [2.75, 3.05) is 0 Å². The second-order valence-corrected chi connectivity index (χ2v) is 4.88. The van der Waals surface area contributed by atoms with Gasteiger partial charge in [0.1, 0.15) is 5.82 Å². The molecule has 2 rings (SSSR count). The molecule has 1 nitrogen and oxygen atoms in total. The highest BCUT2D eigenvalue weighted by molar-refractivity contribution is 9.10. The predicted molar refractivity (Wildman–Crippen MR) is 72.8 cm³/mol. The Hall–Kier alpha value is -1.69. The molecule has 0 radical (unpaired) electrons. The fourth-order valence-corrected chi connectivity index (χ4v) is 1.81. The summed E-state index contributed by atoms with van der Waals surface area (Å²) in [6, 6.07) is 9.29. The Balaban J connectivity index is 2.36. The SMILES string of the molecule is Fc1ccc(N=Cc2ccc(Br)cc2)c(C(F)(F)F)c1. The van der Waals surface area contributed by atoms with Gasteiger partial charge in [-0.3, -0.25) is 4.99 Å². The highest BCUT2D eigenvalue weighted by Gasteiger charge is 2.33. The average Bonchev–Trinajstić information content (AvgIpc) is 2.38. The Morgan fingerprint density at radius 2 is 1.65 bits per heavy atom. The number of benzene rings is 2. The molecule has 0 unspecified atom stereocenters. The lowest BCUT2D eigenvalue weighted by Crippen LogP contribution is -2.05. The van der Waals surface area contributed by atoms with Crippen molar-refractivity contribution in [1.29, 1.82) is 0 Å². The molecule has 2 aromatic carbocycles. The van der Waals surface area contributed by atoms with Crippen LogP contribution in [0.3, 0.4) is 0 Å². The normalized spacial score (nSPS) is 12.1. The van der Waals surface area contributed by atoms with Gasteiger partial charge >= 0.3 is 6.18 Å². The van der Waals surface area contributed by atoms with Crippen LogP contribution in [0.2, 0.25) is 0 Å². The summed E-state index contributed by atoms with van der Waals surface area (Å²) in [7, 11) is 0. The smallest absolute Gasteiger partial charge is 0.256 e. The van der Waals surface area contributed by atoms with Crippen molar-refractivity contribution in [2.45, 2.75) is 6.18 Å². The van der Waals surface area contributed by atoms with E-state index in [1.165, 1.54) is 6.21 Å². The van der Waals surface area contributed by atoms with Gasteiger partial charge in [0.2, 0.25) is 0 Å². The van der Waals surface area contributed by atoms with E-state index in [4.69, 9.17) is 0 Å². The van der Waals surface area contributed by atoms with Crippen LogP contribution < -0.4 is 0 Å². The average molecular weight is 346 g/mol. The van der Waals surface area contributed by atoms with Crippen LogP contribution in [0, 0.1) is 5.82 Å². The fraction of sp³-hybridized carbons (Fsp3) is 0.0714. The third kappa shape index (κ3) is 3.66. The lowest BCUT2D eigenvalue weighted by molar-refractivity contribution is -0.137. The number of hydrogen-bond donors (Lipinski definition) is 0. The van der Waals surface area contributed by atoms with E-state index in [1.54, 1.807) is 24.3 Å². The van der Waals surface area contributed by atoms with E-state index >= 15 is 0 Å². The molecule has 0 aliphatic rings. The molecular weight excluding hydrogens is 338 g/mol. The van der Waals surface area contributed by atoms with Gasteiger partial charge in [0.05, 0.1) is 11.3 Å². The second-order valence-electron chi connectivity index (χ2n) is 3.97. The molecule has 0 aromatic heterocycles. The van der Waals surface area contributed by atoms with E-state index in [0.29, 0.717) is 11.6 Å². The van der Waals surface area contributed by atoms with E-state index in [0.717, 1.165) is 16.6 Å². The van der Waals surface area contributed by atoms with Crippen molar-refractivity contribution >= 4 is 27.8 Å². The highest BCUT2D eigenvalue weighted by atomic mass is 79.9.